The lowest BCUT2D eigenvalue weighted by atomic mass is 10.1. The van der Waals surface area contributed by atoms with Crippen molar-refractivity contribution in [1.29, 1.82) is 0 Å². The predicted octanol–water partition coefficient (Wildman–Crippen LogP) is 3.90. The van der Waals surface area contributed by atoms with Crippen LogP contribution in [0.2, 0.25) is 0 Å². The number of carbonyl (C=O) groups excluding carboxylic acids is 1. The van der Waals surface area contributed by atoms with Gasteiger partial charge in [0.05, 0.1) is 11.8 Å². The number of halogens is 2. The van der Waals surface area contributed by atoms with Gasteiger partial charge in [0.1, 0.15) is 0 Å². The topological polar surface area (TPSA) is 38.3 Å². The highest BCUT2D eigenvalue weighted by atomic mass is 32.2. The van der Waals surface area contributed by atoms with Gasteiger partial charge in [-0.25, -0.2) is 0 Å². The number of thioether (sulfide) groups is 1. The molecule has 0 bridgehead atoms. The molecule has 20 heavy (non-hydrogen) atoms. The molecule has 1 aromatic carbocycles. The Hall–Kier alpha value is -1.14. The number of rotatable bonds is 6. The van der Waals surface area contributed by atoms with Crippen LogP contribution in [0, 0.1) is 0 Å². The molecule has 0 aliphatic carbocycles. The van der Waals surface area contributed by atoms with Gasteiger partial charge >= 0.3 is 0 Å². The molecule has 1 aliphatic heterocycles. The maximum atomic E-state index is 12.4. The van der Waals surface area contributed by atoms with Crippen LogP contribution in [0.3, 0.4) is 0 Å². The Labute approximate surface area is 121 Å². The van der Waals surface area contributed by atoms with Gasteiger partial charge in [-0.2, -0.15) is 8.78 Å². The van der Waals surface area contributed by atoms with Crippen molar-refractivity contribution in [2.24, 2.45) is 0 Å². The molecular weight excluding hydrogens is 284 g/mol. The Balaban J connectivity index is 1.86. The molecule has 0 aromatic heterocycles. The highest BCUT2D eigenvalue weighted by Gasteiger charge is 2.17. The fourth-order valence-corrected chi connectivity index (χ4v) is 2.74. The molecule has 1 fully saturated rings. The molecule has 1 unspecified atom stereocenters. The number of nitrogens with one attached hydrogen (secondary N) is 1. The summed E-state index contributed by atoms with van der Waals surface area (Å²) in [5.74, 6) is -2.66. The third-order valence-electron chi connectivity index (χ3n) is 3.09. The van der Waals surface area contributed by atoms with Gasteiger partial charge in [-0.3, -0.25) is 4.79 Å². The highest BCUT2D eigenvalue weighted by molar-refractivity contribution is 7.99. The normalized spacial score (nSPS) is 18.4. The van der Waals surface area contributed by atoms with E-state index in [1.807, 2.05) is 0 Å². The maximum Gasteiger partial charge on any atom is 0.288 e. The first-order chi connectivity index (χ1) is 9.65. The van der Waals surface area contributed by atoms with E-state index in [-0.39, 0.29) is 12.0 Å². The predicted molar refractivity (Wildman–Crippen MR) is 75.1 cm³/mol. The SMILES string of the molecule is O=C(CCC1CCCO1)Nc1ccccc1SC(F)F. The Morgan fingerprint density at radius 3 is 2.95 bits per heavy atom. The molecule has 0 spiro atoms. The molecule has 6 heteroatoms. The lowest BCUT2D eigenvalue weighted by molar-refractivity contribution is -0.116. The Bertz CT molecular complexity index is 451. The van der Waals surface area contributed by atoms with Crippen molar-refractivity contribution < 1.29 is 18.3 Å². The molecule has 1 heterocycles. The smallest absolute Gasteiger partial charge is 0.288 e. The molecule has 1 aliphatic rings. The quantitative estimate of drug-likeness (QED) is 0.810. The summed E-state index contributed by atoms with van der Waals surface area (Å²) < 4.78 is 30.3. The number of benzene rings is 1. The van der Waals surface area contributed by atoms with Crippen LogP contribution in [0.15, 0.2) is 29.2 Å². The third kappa shape index (κ3) is 4.76. The van der Waals surface area contributed by atoms with Gasteiger partial charge in [-0.15, -0.1) is 0 Å². The van der Waals surface area contributed by atoms with Gasteiger partial charge in [-0.05, 0) is 31.4 Å². The van der Waals surface area contributed by atoms with E-state index >= 15 is 0 Å². The van der Waals surface area contributed by atoms with Crippen molar-refractivity contribution in [3.63, 3.8) is 0 Å². The van der Waals surface area contributed by atoms with Crippen LogP contribution >= 0.6 is 11.8 Å². The Morgan fingerprint density at radius 2 is 2.25 bits per heavy atom. The monoisotopic (exact) mass is 301 g/mol. The lowest BCUT2D eigenvalue weighted by Gasteiger charge is -2.12. The summed E-state index contributed by atoms with van der Waals surface area (Å²) in [6.07, 6.45) is 3.21. The van der Waals surface area contributed by atoms with Crippen molar-refractivity contribution in [2.45, 2.75) is 42.4 Å². The maximum absolute atomic E-state index is 12.4. The average molecular weight is 301 g/mol. The second kappa shape index (κ2) is 7.59. The average Bonchev–Trinajstić information content (AvgIpc) is 2.91. The number of para-hydroxylation sites is 1. The number of amides is 1. The van der Waals surface area contributed by atoms with E-state index in [0.29, 0.717) is 35.2 Å². The number of anilines is 1. The summed E-state index contributed by atoms with van der Waals surface area (Å²) in [4.78, 5) is 12.2. The van der Waals surface area contributed by atoms with Crippen LogP contribution in [0.4, 0.5) is 14.5 Å². The van der Waals surface area contributed by atoms with Gasteiger partial charge < -0.3 is 10.1 Å². The van der Waals surface area contributed by atoms with Crippen molar-refractivity contribution in [3.8, 4) is 0 Å². The molecule has 2 rings (SSSR count). The van der Waals surface area contributed by atoms with Gasteiger partial charge in [0.15, 0.2) is 0 Å². The molecule has 1 saturated heterocycles. The zero-order valence-electron chi connectivity index (χ0n) is 11.0. The van der Waals surface area contributed by atoms with Crippen LogP contribution in [-0.2, 0) is 9.53 Å². The molecule has 110 valence electrons. The standard InChI is InChI=1S/C14H17F2NO2S/c15-14(16)20-12-6-2-1-5-11(12)17-13(18)8-7-10-4-3-9-19-10/h1-2,5-6,10,14H,3-4,7-9H2,(H,17,18). The van der Waals surface area contributed by atoms with E-state index < -0.39 is 5.76 Å². The van der Waals surface area contributed by atoms with Crippen LogP contribution in [0.25, 0.3) is 0 Å². The van der Waals surface area contributed by atoms with Gasteiger partial charge in [0, 0.05) is 17.9 Å². The molecule has 1 atom stereocenters. The molecule has 0 radical (unpaired) electrons. The second-order valence-corrected chi connectivity index (χ2v) is 5.63. The minimum Gasteiger partial charge on any atom is -0.378 e. The number of alkyl halides is 2. The summed E-state index contributed by atoms with van der Waals surface area (Å²) in [6, 6.07) is 6.60. The van der Waals surface area contributed by atoms with Crippen molar-refractivity contribution >= 4 is 23.4 Å². The molecule has 1 amide bonds. The van der Waals surface area contributed by atoms with Crippen molar-refractivity contribution in [3.05, 3.63) is 24.3 Å². The van der Waals surface area contributed by atoms with Gasteiger partial charge in [0.2, 0.25) is 5.91 Å². The first-order valence-corrected chi connectivity index (χ1v) is 7.48. The van der Waals surface area contributed by atoms with Gasteiger partial charge in [-0.1, -0.05) is 23.9 Å². The Morgan fingerprint density at radius 1 is 1.45 bits per heavy atom. The first kappa shape index (κ1) is 15.3. The van der Waals surface area contributed by atoms with E-state index in [1.165, 1.54) is 0 Å². The molecule has 1 N–H and O–H groups in total. The summed E-state index contributed by atoms with van der Waals surface area (Å²) in [6.45, 7) is 0.764. The molecule has 0 saturated carbocycles. The second-order valence-electron chi connectivity index (χ2n) is 4.60. The van der Waals surface area contributed by atoms with Crippen LogP contribution in [0.1, 0.15) is 25.7 Å². The summed E-state index contributed by atoms with van der Waals surface area (Å²) in [7, 11) is 0. The van der Waals surface area contributed by atoms with E-state index in [2.05, 4.69) is 5.32 Å². The van der Waals surface area contributed by atoms with Crippen molar-refractivity contribution in [1.82, 2.24) is 0 Å². The first-order valence-electron chi connectivity index (χ1n) is 6.60. The summed E-state index contributed by atoms with van der Waals surface area (Å²) >= 11 is 0.438. The molecule has 3 nitrogen and oxygen atoms in total. The number of ether oxygens (including phenoxy) is 1. The fourth-order valence-electron chi connectivity index (χ4n) is 2.15. The highest BCUT2D eigenvalue weighted by Crippen LogP contribution is 2.31. The third-order valence-corrected chi connectivity index (χ3v) is 3.88. The van der Waals surface area contributed by atoms with E-state index in [0.717, 1.165) is 19.4 Å². The minimum atomic E-state index is -2.50. The summed E-state index contributed by atoms with van der Waals surface area (Å²) in [5.41, 5.74) is 0.440. The minimum absolute atomic E-state index is 0.159. The summed E-state index contributed by atoms with van der Waals surface area (Å²) in [5, 5.41) is 2.69. The number of carbonyl (C=O) groups is 1. The van der Waals surface area contributed by atoms with Crippen LogP contribution in [-0.4, -0.2) is 24.4 Å². The van der Waals surface area contributed by atoms with Crippen LogP contribution in [0.5, 0.6) is 0 Å². The lowest BCUT2D eigenvalue weighted by Crippen LogP contribution is -2.15. The van der Waals surface area contributed by atoms with E-state index in [9.17, 15) is 13.6 Å². The van der Waals surface area contributed by atoms with Gasteiger partial charge in [0.25, 0.3) is 5.76 Å². The molecule has 1 aromatic rings. The number of hydrogen-bond donors (Lipinski definition) is 1. The molecular formula is C14H17F2NO2S. The zero-order valence-corrected chi connectivity index (χ0v) is 11.8. The zero-order chi connectivity index (χ0) is 14.4. The van der Waals surface area contributed by atoms with Crippen LogP contribution < -0.4 is 5.32 Å². The van der Waals surface area contributed by atoms with E-state index in [1.54, 1.807) is 24.3 Å². The Kier molecular flexibility index (Phi) is 5.79. The largest absolute Gasteiger partial charge is 0.378 e. The number of hydrogen-bond acceptors (Lipinski definition) is 3. The van der Waals surface area contributed by atoms with E-state index in [4.69, 9.17) is 4.74 Å². The van der Waals surface area contributed by atoms with Crippen molar-refractivity contribution in [2.75, 3.05) is 11.9 Å². The fraction of sp³-hybridized carbons (Fsp3) is 0.500.